The quantitative estimate of drug-likeness (QED) is 0.298. The molecule has 1 aliphatic carbocycles. The Hall–Kier alpha value is -1.36. The highest BCUT2D eigenvalue weighted by atomic mass is 79.9. The topological polar surface area (TPSA) is 71.0 Å². The summed E-state index contributed by atoms with van der Waals surface area (Å²) in [6.45, 7) is 14.6. The Bertz CT molecular complexity index is 1020. The second-order valence-electron chi connectivity index (χ2n) is 11.6. The number of carbonyl (C=O) groups excluding carboxylic acids is 1. The van der Waals surface area contributed by atoms with Crippen LogP contribution in [0.2, 0.25) is 0 Å². The zero-order chi connectivity index (χ0) is 25.8. The van der Waals surface area contributed by atoms with Crippen molar-refractivity contribution in [3.63, 3.8) is 0 Å². The van der Waals surface area contributed by atoms with Gasteiger partial charge in [-0.15, -0.1) is 34.0 Å². The number of hydrogen-bond acceptors (Lipinski definition) is 4. The number of carbonyl (C=O) groups is 1. The maximum absolute atomic E-state index is 14.3. The molecule has 1 aliphatic rings. The highest BCUT2D eigenvalue weighted by Gasteiger charge is 2.28. The van der Waals surface area contributed by atoms with Crippen LogP contribution in [0.3, 0.4) is 0 Å². The van der Waals surface area contributed by atoms with Crippen molar-refractivity contribution in [1.29, 1.82) is 0 Å². The van der Waals surface area contributed by atoms with Crippen molar-refractivity contribution < 1.29 is 13.6 Å². The standard InChI is InChI=1S/C27H41F2N5O.2BrH/c1-7-8-23(32-20-10-9-18-11-19(28)12-22(29)21(18)13-20)25(35)33-24-14-34(17-31-24)27(5,6)16-30-15-26(2,3)4;;/h11-12,14,17,20,23,30,32H,7-10,13,15-16H2,1-6H3,(H,33,35);2*1H/t20?,23-;;/m0../s1. The lowest BCUT2D eigenvalue weighted by molar-refractivity contribution is -0.118. The van der Waals surface area contributed by atoms with Crippen molar-refractivity contribution in [3.8, 4) is 0 Å². The van der Waals surface area contributed by atoms with Crippen LogP contribution in [-0.2, 0) is 23.2 Å². The zero-order valence-electron chi connectivity index (χ0n) is 22.8. The van der Waals surface area contributed by atoms with Crippen molar-refractivity contribution >= 4 is 45.7 Å². The van der Waals surface area contributed by atoms with E-state index in [1.54, 1.807) is 6.33 Å². The summed E-state index contributed by atoms with van der Waals surface area (Å²) in [6, 6.07) is 1.90. The molecule has 0 saturated carbocycles. The van der Waals surface area contributed by atoms with Gasteiger partial charge in [0.15, 0.2) is 5.82 Å². The Kier molecular flexibility index (Phi) is 12.9. The van der Waals surface area contributed by atoms with Crippen LogP contribution in [0, 0.1) is 17.0 Å². The van der Waals surface area contributed by atoms with E-state index in [1.807, 2.05) is 17.7 Å². The van der Waals surface area contributed by atoms with E-state index in [1.165, 1.54) is 6.07 Å². The van der Waals surface area contributed by atoms with Crippen LogP contribution in [0.15, 0.2) is 24.7 Å². The number of rotatable bonds is 10. The molecule has 0 radical (unpaired) electrons. The molecule has 0 fully saturated rings. The minimum atomic E-state index is -0.538. The average molecular weight is 651 g/mol. The maximum Gasteiger partial charge on any atom is 0.242 e. The predicted molar refractivity (Wildman–Crippen MR) is 157 cm³/mol. The number of anilines is 1. The van der Waals surface area contributed by atoms with Crippen LogP contribution >= 0.6 is 34.0 Å². The summed E-state index contributed by atoms with van der Waals surface area (Å²) in [5.74, 6) is -0.680. The van der Waals surface area contributed by atoms with Crippen LogP contribution in [0.1, 0.15) is 71.9 Å². The van der Waals surface area contributed by atoms with Gasteiger partial charge in [0.05, 0.1) is 17.9 Å². The third kappa shape index (κ3) is 9.71. The summed E-state index contributed by atoms with van der Waals surface area (Å²) in [6.07, 6.45) is 6.86. The Balaban J connectivity index is 0.00000342. The number of aromatic nitrogens is 2. The Morgan fingerprint density at radius 1 is 1.16 bits per heavy atom. The number of amides is 1. The first-order chi connectivity index (χ1) is 16.4. The molecule has 0 saturated heterocycles. The van der Waals surface area contributed by atoms with E-state index < -0.39 is 17.7 Å². The van der Waals surface area contributed by atoms with Gasteiger partial charge in [0, 0.05) is 31.4 Å². The fourth-order valence-corrected chi connectivity index (χ4v) is 4.56. The molecule has 2 atom stereocenters. The number of nitrogens with one attached hydrogen (secondary N) is 3. The molecule has 1 amide bonds. The largest absolute Gasteiger partial charge is 0.328 e. The van der Waals surface area contributed by atoms with E-state index in [-0.39, 0.29) is 56.9 Å². The lowest BCUT2D eigenvalue weighted by Crippen LogP contribution is -2.48. The van der Waals surface area contributed by atoms with Gasteiger partial charge in [0.25, 0.3) is 0 Å². The maximum atomic E-state index is 14.3. The van der Waals surface area contributed by atoms with E-state index in [0.717, 1.165) is 37.6 Å². The molecule has 1 unspecified atom stereocenters. The van der Waals surface area contributed by atoms with Gasteiger partial charge >= 0.3 is 0 Å². The van der Waals surface area contributed by atoms with Gasteiger partial charge in [0.2, 0.25) is 5.91 Å². The van der Waals surface area contributed by atoms with Crippen LogP contribution in [-0.4, -0.2) is 40.6 Å². The molecule has 3 rings (SSSR count). The third-order valence-corrected chi connectivity index (χ3v) is 6.54. The number of hydrogen-bond donors (Lipinski definition) is 3. The second-order valence-corrected chi connectivity index (χ2v) is 11.6. The third-order valence-electron chi connectivity index (χ3n) is 6.54. The molecular weight excluding hydrogens is 608 g/mol. The van der Waals surface area contributed by atoms with Crippen molar-refractivity contribution in [2.45, 2.75) is 91.3 Å². The number of imidazole rings is 1. The zero-order valence-corrected chi connectivity index (χ0v) is 26.2. The van der Waals surface area contributed by atoms with Crippen molar-refractivity contribution in [1.82, 2.24) is 20.2 Å². The normalized spacial score (nSPS) is 16.3. The molecule has 2 aromatic rings. The van der Waals surface area contributed by atoms with Gasteiger partial charge in [0.1, 0.15) is 11.6 Å². The summed E-state index contributed by atoms with van der Waals surface area (Å²) in [5, 5.41) is 9.89. The molecule has 37 heavy (non-hydrogen) atoms. The molecule has 6 nitrogen and oxygen atoms in total. The van der Waals surface area contributed by atoms with Crippen LogP contribution < -0.4 is 16.0 Å². The molecule has 1 aromatic heterocycles. The predicted octanol–water partition coefficient (Wildman–Crippen LogP) is 5.94. The van der Waals surface area contributed by atoms with E-state index in [9.17, 15) is 13.6 Å². The van der Waals surface area contributed by atoms with Gasteiger partial charge in [-0.3, -0.25) is 4.79 Å². The Morgan fingerprint density at radius 3 is 2.51 bits per heavy atom. The number of aryl methyl sites for hydroxylation is 1. The molecule has 1 aromatic carbocycles. The Morgan fingerprint density at radius 2 is 1.86 bits per heavy atom. The summed E-state index contributed by atoms with van der Waals surface area (Å²) >= 11 is 0. The van der Waals surface area contributed by atoms with E-state index in [4.69, 9.17) is 0 Å². The molecule has 1 heterocycles. The lowest BCUT2D eigenvalue weighted by atomic mass is 9.87. The molecule has 3 N–H and O–H groups in total. The summed E-state index contributed by atoms with van der Waals surface area (Å²) in [4.78, 5) is 17.5. The molecule has 210 valence electrons. The SMILES string of the molecule is Br.Br.CCC[C@H](NC1CCc2cc(F)cc(F)c2C1)C(=O)Nc1cn(C(C)(C)CNCC(C)(C)C)cn1. The smallest absolute Gasteiger partial charge is 0.242 e. The van der Waals surface area contributed by atoms with Crippen molar-refractivity contribution in [2.24, 2.45) is 5.41 Å². The average Bonchev–Trinajstić information content (AvgIpc) is 3.22. The first-order valence-electron chi connectivity index (χ1n) is 12.7. The summed E-state index contributed by atoms with van der Waals surface area (Å²) < 4.78 is 29.9. The van der Waals surface area contributed by atoms with Crippen LogP contribution in [0.4, 0.5) is 14.6 Å². The molecule has 0 bridgehead atoms. The first kappa shape index (κ1) is 33.7. The van der Waals surface area contributed by atoms with E-state index in [2.05, 4.69) is 55.6 Å². The number of benzene rings is 1. The van der Waals surface area contributed by atoms with E-state index >= 15 is 0 Å². The van der Waals surface area contributed by atoms with Gasteiger partial charge in [-0.25, -0.2) is 13.8 Å². The molecule has 0 aliphatic heterocycles. The van der Waals surface area contributed by atoms with E-state index in [0.29, 0.717) is 30.6 Å². The Labute approximate surface area is 241 Å². The molecule has 10 heteroatoms. The highest BCUT2D eigenvalue weighted by Crippen LogP contribution is 2.26. The first-order valence-corrected chi connectivity index (χ1v) is 12.7. The van der Waals surface area contributed by atoms with Gasteiger partial charge < -0.3 is 20.5 Å². The van der Waals surface area contributed by atoms with Crippen molar-refractivity contribution in [2.75, 3.05) is 18.4 Å². The van der Waals surface area contributed by atoms with Crippen molar-refractivity contribution in [3.05, 3.63) is 47.4 Å². The van der Waals surface area contributed by atoms with Gasteiger partial charge in [-0.1, -0.05) is 34.1 Å². The van der Waals surface area contributed by atoms with Gasteiger partial charge in [-0.05, 0) is 62.1 Å². The fourth-order valence-electron chi connectivity index (χ4n) is 4.56. The molecule has 0 spiro atoms. The monoisotopic (exact) mass is 649 g/mol. The number of halogens is 4. The summed E-state index contributed by atoms with van der Waals surface area (Å²) in [7, 11) is 0. The minimum Gasteiger partial charge on any atom is -0.328 e. The van der Waals surface area contributed by atoms with Gasteiger partial charge in [-0.2, -0.15) is 0 Å². The fraction of sp³-hybridized carbons (Fsp3) is 0.630. The summed E-state index contributed by atoms with van der Waals surface area (Å²) in [5.41, 5.74) is 1.27. The molecular formula is C27H43Br2F2N5O. The van der Waals surface area contributed by atoms with Crippen LogP contribution in [0.5, 0.6) is 0 Å². The minimum absolute atomic E-state index is 0. The second kappa shape index (κ2) is 14.1. The number of nitrogens with zero attached hydrogens (tertiary/aromatic N) is 2. The lowest BCUT2D eigenvalue weighted by Gasteiger charge is -2.30. The highest BCUT2D eigenvalue weighted by molar-refractivity contribution is 8.93. The number of fused-ring (bicyclic) bond motifs is 1. The van der Waals surface area contributed by atoms with Crippen LogP contribution in [0.25, 0.3) is 0 Å².